The molecule has 0 aliphatic heterocycles. The fourth-order valence-corrected chi connectivity index (χ4v) is 1.13. The number of alkyl halides is 3. The van der Waals surface area contributed by atoms with Gasteiger partial charge in [0.25, 0.3) is 0 Å². The molecule has 1 aromatic carbocycles. The predicted molar refractivity (Wildman–Crippen MR) is 61.9 cm³/mol. The maximum absolute atomic E-state index is 13.1. The van der Waals surface area contributed by atoms with Crippen molar-refractivity contribution in [1.82, 2.24) is 0 Å². The van der Waals surface area contributed by atoms with Crippen molar-refractivity contribution in [3.63, 3.8) is 0 Å². The summed E-state index contributed by atoms with van der Waals surface area (Å²) in [4.78, 5) is 0. The molecule has 17 heavy (non-hydrogen) atoms. The molecule has 1 rings (SSSR count). The first-order chi connectivity index (χ1) is 6.86. The minimum atomic E-state index is -4.50. The van der Waals surface area contributed by atoms with E-state index in [1.165, 1.54) is 0 Å². The summed E-state index contributed by atoms with van der Waals surface area (Å²) in [6.07, 6.45) is -4.50. The third-order valence-corrected chi connectivity index (χ3v) is 1.98. The molecular weight excluding hydrogens is 283 g/mol. The summed E-state index contributed by atoms with van der Waals surface area (Å²) in [5.41, 5.74) is 9.39. The molecule has 2 nitrogen and oxygen atoms in total. The standard InChI is InChI=1S/C9H10F4N2.2ClH/c10-7-2-1-5(9(11,12)13)3-6(7)8(15)4-14;;/h1-3,8H,4,14-15H2;2*1H/t8-;;/m1../s1. The van der Waals surface area contributed by atoms with Crippen molar-refractivity contribution in [3.05, 3.63) is 35.1 Å². The van der Waals surface area contributed by atoms with Crippen molar-refractivity contribution in [2.45, 2.75) is 12.2 Å². The third-order valence-electron chi connectivity index (χ3n) is 1.98. The Kier molecular flexibility index (Phi) is 7.74. The van der Waals surface area contributed by atoms with E-state index in [9.17, 15) is 17.6 Å². The molecule has 0 aliphatic carbocycles. The second kappa shape index (κ2) is 7.00. The molecule has 1 aromatic rings. The van der Waals surface area contributed by atoms with Gasteiger partial charge in [0, 0.05) is 18.2 Å². The molecule has 0 aromatic heterocycles. The van der Waals surface area contributed by atoms with E-state index < -0.39 is 23.6 Å². The topological polar surface area (TPSA) is 52.0 Å². The highest BCUT2D eigenvalue weighted by molar-refractivity contribution is 5.85. The van der Waals surface area contributed by atoms with Crippen LogP contribution in [0, 0.1) is 5.82 Å². The second-order valence-corrected chi connectivity index (χ2v) is 3.08. The molecule has 0 unspecified atom stereocenters. The van der Waals surface area contributed by atoms with E-state index in [4.69, 9.17) is 11.5 Å². The fraction of sp³-hybridized carbons (Fsp3) is 0.333. The van der Waals surface area contributed by atoms with Gasteiger partial charge in [-0.25, -0.2) is 4.39 Å². The SMILES string of the molecule is Cl.Cl.NC[C@@H](N)c1cc(C(F)(F)F)ccc1F. The van der Waals surface area contributed by atoms with E-state index in [0.717, 1.165) is 6.07 Å². The van der Waals surface area contributed by atoms with E-state index in [2.05, 4.69) is 0 Å². The molecule has 0 bridgehead atoms. The molecular formula is C9H12Cl2F4N2. The van der Waals surface area contributed by atoms with Crippen LogP contribution in [0.2, 0.25) is 0 Å². The van der Waals surface area contributed by atoms with E-state index in [-0.39, 0.29) is 36.9 Å². The first-order valence-corrected chi connectivity index (χ1v) is 4.18. The Labute approximate surface area is 108 Å². The Hall–Kier alpha value is -0.560. The van der Waals surface area contributed by atoms with E-state index in [1.54, 1.807) is 0 Å². The van der Waals surface area contributed by atoms with Crippen LogP contribution in [0.1, 0.15) is 17.2 Å². The highest BCUT2D eigenvalue weighted by Crippen LogP contribution is 2.31. The zero-order chi connectivity index (χ0) is 11.6. The van der Waals surface area contributed by atoms with Crippen LogP contribution in [0.4, 0.5) is 17.6 Å². The number of hydrogen-bond acceptors (Lipinski definition) is 2. The Bertz CT molecular complexity index is 357. The van der Waals surface area contributed by atoms with Crippen LogP contribution in [0.5, 0.6) is 0 Å². The summed E-state index contributed by atoms with van der Waals surface area (Å²) in [6, 6.07) is 1.18. The second-order valence-electron chi connectivity index (χ2n) is 3.08. The van der Waals surface area contributed by atoms with Crippen LogP contribution < -0.4 is 11.5 Å². The minimum Gasteiger partial charge on any atom is -0.329 e. The van der Waals surface area contributed by atoms with Crippen LogP contribution in [0.3, 0.4) is 0 Å². The number of halogens is 6. The normalized spacial score (nSPS) is 12.4. The van der Waals surface area contributed by atoms with E-state index in [0.29, 0.717) is 12.1 Å². The lowest BCUT2D eigenvalue weighted by Crippen LogP contribution is -2.22. The van der Waals surface area contributed by atoms with Crippen molar-refractivity contribution in [3.8, 4) is 0 Å². The summed E-state index contributed by atoms with van der Waals surface area (Å²) >= 11 is 0. The van der Waals surface area contributed by atoms with Gasteiger partial charge in [-0.05, 0) is 18.2 Å². The maximum Gasteiger partial charge on any atom is 0.416 e. The summed E-state index contributed by atoms with van der Waals surface area (Å²) in [5.74, 6) is -0.777. The largest absolute Gasteiger partial charge is 0.416 e. The average molecular weight is 295 g/mol. The van der Waals surface area contributed by atoms with Gasteiger partial charge in [-0.3, -0.25) is 0 Å². The van der Waals surface area contributed by atoms with Gasteiger partial charge in [0.1, 0.15) is 5.82 Å². The van der Waals surface area contributed by atoms with Gasteiger partial charge in [-0.15, -0.1) is 24.8 Å². The van der Waals surface area contributed by atoms with Gasteiger partial charge in [-0.1, -0.05) is 0 Å². The zero-order valence-corrected chi connectivity index (χ0v) is 10.1. The summed E-state index contributed by atoms with van der Waals surface area (Å²) in [7, 11) is 0. The third kappa shape index (κ3) is 4.67. The molecule has 1 atom stereocenters. The maximum atomic E-state index is 13.1. The molecule has 100 valence electrons. The lowest BCUT2D eigenvalue weighted by Gasteiger charge is -2.13. The lowest BCUT2D eigenvalue weighted by atomic mass is 10.0. The zero-order valence-electron chi connectivity index (χ0n) is 8.50. The molecule has 0 amide bonds. The van der Waals surface area contributed by atoms with Crippen LogP contribution in [0.25, 0.3) is 0 Å². The molecule has 4 N–H and O–H groups in total. The van der Waals surface area contributed by atoms with Crippen molar-refractivity contribution < 1.29 is 17.6 Å². The summed E-state index contributed by atoms with van der Waals surface area (Å²) < 4.78 is 49.9. The number of benzene rings is 1. The van der Waals surface area contributed by atoms with Crippen molar-refractivity contribution in [1.29, 1.82) is 0 Å². The molecule has 8 heteroatoms. The smallest absolute Gasteiger partial charge is 0.329 e. The van der Waals surface area contributed by atoms with Crippen molar-refractivity contribution in [2.24, 2.45) is 11.5 Å². The number of hydrogen-bond donors (Lipinski definition) is 2. The van der Waals surface area contributed by atoms with Crippen LogP contribution in [-0.4, -0.2) is 6.54 Å². The van der Waals surface area contributed by atoms with Gasteiger partial charge in [-0.2, -0.15) is 13.2 Å². The van der Waals surface area contributed by atoms with Gasteiger partial charge in [0.05, 0.1) is 5.56 Å². The summed E-state index contributed by atoms with van der Waals surface area (Å²) in [6.45, 7) is -0.113. The first kappa shape index (κ1) is 18.8. The number of nitrogens with two attached hydrogens (primary N) is 2. The Balaban J connectivity index is 0. The Morgan fingerprint density at radius 2 is 1.71 bits per heavy atom. The molecule has 0 saturated heterocycles. The predicted octanol–water partition coefficient (Wildman–Crippen LogP) is 2.65. The van der Waals surface area contributed by atoms with Crippen LogP contribution in [-0.2, 0) is 6.18 Å². The monoisotopic (exact) mass is 294 g/mol. The molecule has 0 spiro atoms. The van der Waals surface area contributed by atoms with Crippen molar-refractivity contribution in [2.75, 3.05) is 6.54 Å². The lowest BCUT2D eigenvalue weighted by molar-refractivity contribution is -0.137. The van der Waals surface area contributed by atoms with Crippen LogP contribution >= 0.6 is 24.8 Å². The molecule has 0 aliphatic rings. The molecule has 0 saturated carbocycles. The highest BCUT2D eigenvalue weighted by Gasteiger charge is 2.31. The molecule has 0 heterocycles. The van der Waals surface area contributed by atoms with Gasteiger partial charge in [0.2, 0.25) is 0 Å². The van der Waals surface area contributed by atoms with Gasteiger partial charge >= 0.3 is 6.18 Å². The molecule has 0 fully saturated rings. The van der Waals surface area contributed by atoms with E-state index >= 15 is 0 Å². The average Bonchev–Trinajstić information content (AvgIpc) is 2.15. The van der Waals surface area contributed by atoms with Gasteiger partial charge in [0.15, 0.2) is 0 Å². The Morgan fingerprint density at radius 3 is 2.12 bits per heavy atom. The first-order valence-electron chi connectivity index (χ1n) is 4.18. The van der Waals surface area contributed by atoms with Crippen molar-refractivity contribution >= 4 is 24.8 Å². The van der Waals surface area contributed by atoms with Crippen LogP contribution in [0.15, 0.2) is 18.2 Å². The molecule has 0 radical (unpaired) electrons. The summed E-state index contributed by atoms with van der Waals surface area (Å²) in [5, 5.41) is 0. The Morgan fingerprint density at radius 1 is 1.18 bits per heavy atom. The highest BCUT2D eigenvalue weighted by atomic mass is 35.5. The van der Waals surface area contributed by atoms with E-state index in [1.807, 2.05) is 0 Å². The fourth-order valence-electron chi connectivity index (χ4n) is 1.13. The minimum absolute atomic E-state index is 0. The van der Waals surface area contributed by atoms with Gasteiger partial charge < -0.3 is 11.5 Å². The number of rotatable bonds is 2. The quantitative estimate of drug-likeness (QED) is 0.824.